The number of nitrogens with two attached hydrogens (primary N) is 1. The fraction of sp³-hybridized carbons (Fsp3) is 0.929. The second-order valence-electron chi connectivity index (χ2n) is 7.27. The van der Waals surface area contributed by atoms with Crippen molar-refractivity contribution in [3.05, 3.63) is 0 Å². The van der Waals surface area contributed by atoms with E-state index in [2.05, 4.69) is 5.32 Å². The Morgan fingerprint density at radius 3 is 2.09 bits per heavy atom. The first-order valence-corrected chi connectivity index (χ1v) is 9.16. The molecule has 0 aliphatic heterocycles. The van der Waals surface area contributed by atoms with Gasteiger partial charge in [0.05, 0.1) is 5.75 Å². The van der Waals surface area contributed by atoms with Crippen molar-refractivity contribution in [2.45, 2.75) is 59.1 Å². The average molecular weight is 337 g/mol. The lowest BCUT2D eigenvalue weighted by molar-refractivity contribution is 0.00666. The van der Waals surface area contributed by atoms with E-state index >= 15 is 0 Å². The molecule has 0 aliphatic rings. The normalized spacial score (nSPS) is 13.0. The third-order valence-corrected chi connectivity index (χ3v) is 3.58. The number of sulfonamides is 1. The summed E-state index contributed by atoms with van der Waals surface area (Å²) in [4.78, 5) is 13.9. The molecule has 0 aromatic rings. The maximum Gasteiger partial charge on any atom is 0.410 e. The molecule has 0 atom stereocenters. The number of carbonyl (C=O) groups is 1. The fourth-order valence-corrected chi connectivity index (χ4v) is 2.28. The molecule has 3 N–H and O–H groups in total. The van der Waals surface area contributed by atoms with Gasteiger partial charge < -0.3 is 15.0 Å². The van der Waals surface area contributed by atoms with Crippen molar-refractivity contribution >= 4 is 16.1 Å². The lowest BCUT2D eigenvalue weighted by Crippen LogP contribution is -2.50. The maximum absolute atomic E-state index is 12.2. The molecule has 8 heteroatoms. The van der Waals surface area contributed by atoms with Crippen LogP contribution in [0.15, 0.2) is 0 Å². The number of nitrogens with zero attached hydrogens (tertiary/aromatic N) is 1. The highest BCUT2D eigenvalue weighted by molar-refractivity contribution is 7.89. The van der Waals surface area contributed by atoms with Crippen molar-refractivity contribution in [3.63, 3.8) is 0 Å². The van der Waals surface area contributed by atoms with Gasteiger partial charge in [-0.05, 0) is 54.5 Å². The summed E-state index contributed by atoms with van der Waals surface area (Å²) in [6.45, 7) is 12.9. The average Bonchev–Trinajstić information content (AvgIpc) is 2.21. The van der Waals surface area contributed by atoms with Crippen molar-refractivity contribution in [1.82, 2.24) is 10.2 Å². The predicted octanol–water partition coefficient (Wildman–Crippen LogP) is 1.29. The third-order valence-electron chi connectivity index (χ3n) is 2.72. The van der Waals surface area contributed by atoms with Gasteiger partial charge in [0, 0.05) is 18.6 Å². The smallest absolute Gasteiger partial charge is 0.410 e. The Morgan fingerprint density at radius 2 is 1.68 bits per heavy atom. The molecule has 0 aromatic heterocycles. The van der Waals surface area contributed by atoms with Gasteiger partial charge in [0.2, 0.25) is 10.0 Å². The zero-order chi connectivity index (χ0) is 17.6. The SMILES string of the molecule is CC(C)(C)OC(=O)N(CCNCCCS(N)(=O)=O)C(C)(C)C. The highest BCUT2D eigenvalue weighted by atomic mass is 32.2. The summed E-state index contributed by atoms with van der Waals surface area (Å²) >= 11 is 0. The minimum atomic E-state index is -3.41. The van der Waals surface area contributed by atoms with Gasteiger partial charge in [-0.3, -0.25) is 0 Å². The van der Waals surface area contributed by atoms with Gasteiger partial charge in [0.15, 0.2) is 0 Å². The van der Waals surface area contributed by atoms with Crippen molar-refractivity contribution in [3.8, 4) is 0 Å². The third kappa shape index (κ3) is 10.8. The summed E-state index contributed by atoms with van der Waals surface area (Å²) < 4.78 is 27.0. The Hall–Kier alpha value is -0.860. The molecule has 7 nitrogen and oxygen atoms in total. The Morgan fingerprint density at radius 1 is 1.14 bits per heavy atom. The van der Waals surface area contributed by atoms with Crippen LogP contribution in [0, 0.1) is 0 Å². The van der Waals surface area contributed by atoms with E-state index in [1.807, 2.05) is 41.5 Å². The maximum atomic E-state index is 12.2. The molecule has 0 saturated carbocycles. The molecule has 0 fully saturated rings. The van der Waals surface area contributed by atoms with Crippen LogP contribution in [0.1, 0.15) is 48.0 Å². The van der Waals surface area contributed by atoms with Crippen LogP contribution in [0.2, 0.25) is 0 Å². The highest BCUT2D eigenvalue weighted by Gasteiger charge is 2.30. The molecule has 0 radical (unpaired) electrons. The molecule has 132 valence electrons. The number of nitrogens with one attached hydrogen (secondary N) is 1. The van der Waals surface area contributed by atoms with Crippen LogP contribution < -0.4 is 10.5 Å². The molecular formula is C14H31N3O4S. The Labute approximate surface area is 134 Å². The van der Waals surface area contributed by atoms with E-state index in [9.17, 15) is 13.2 Å². The Bertz CT molecular complexity index is 450. The van der Waals surface area contributed by atoms with Crippen molar-refractivity contribution < 1.29 is 17.9 Å². The standard InChI is InChI=1S/C14H31N3O4S/c1-13(2,3)17(12(18)21-14(4,5)6)10-9-16-8-7-11-22(15,19)20/h16H,7-11H2,1-6H3,(H2,15,19,20). The number of hydrogen-bond donors (Lipinski definition) is 2. The molecule has 0 unspecified atom stereocenters. The number of ether oxygens (including phenoxy) is 1. The highest BCUT2D eigenvalue weighted by Crippen LogP contribution is 2.17. The second kappa shape index (κ2) is 8.12. The first-order chi connectivity index (χ1) is 9.72. The van der Waals surface area contributed by atoms with Crippen LogP contribution in [0.5, 0.6) is 0 Å². The number of carbonyl (C=O) groups excluding carboxylic acids is 1. The number of hydrogen-bond acceptors (Lipinski definition) is 5. The van der Waals surface area contributed by atoms with Gasteiger partial charge in [-0.25, -0.2) is 18.4 Å². The van der Waals surface area contributed by atoms with Gasteiger partial charge in [0.1, 0.15) is 5.60 Å². The van der Waals surface area contributed by atoms with Gasteiger partial charge in [-0.2, -0.15) is 0 Å². The summed E-state index contributed by atoms with van der Waals surface area (Å²) in [5.41, 5.74) is -0.895. The molecule has 0 bridgehead atoms. The van der Waals surface area contributed by atoms with Crippen LogP contribution in [-0.2, 0) is 14.8 Å². The van der Waals surface area contributed by atoms with Crippen LogP contribution in [-0.4, -0.2) is 55.9 Å². The molecule has 0 heterocycles. The molecule has 1 amide bonds. The van der Waals surface area contributed by atoms with Gasteiger partial charge in [-0.15, -0.1) is 0 Å². The Kier molecular flexibility index (Phi) is 7.80. The van der Waals surface area contributed by atoms with Crippen LogP contribution in [0.3, 0.4) is 0 Å². The first kappa shape index (κ1) is 21.1. The van der Waals surface area contributed by atoms with Crippen molar-refractivity contribution in [1.29, 1.82) is 0 Å². The van der Waals surface area contributed by atoms with E-state index in [1.165, 1.54) is 0 Å². The van der Waals surface area contributed by atoms with Gasteiger partial charge in [0.25, 0.3) is 0 Å². The first-order valence-electron chi connectivity index (χ1n) is 7.44. The Balaban J connectivity index is 4.31. The summed E-state index contributed by atoms with van der Waals surface area (Å²) in [6.07, 6.45) is 0.0900. The van der Waals surface area contributed by atoms with Crippen LogP contribution in [0.4, 0.5) is 4.79 Å². The van der Waals surface area contributed by atoms with E-state index in [-0.39, 0.29) is 17.4 Å². The second-order valence-corrected chi connectivity index (χ2v) is 9.01. The van der Waals surface area contributed by atoms with Gasteiger partial charge in [-0.1, -0.05) is 0 Å². The lowest BCUT2D eigenvalue weighted by atomic mass is 10.1. The number of primary sulfonamides is 1. The zero-order valence-electron chi connectivity index (χ0n) is 14.6. The fourth-order valence-electron chi connectivity index (χ4n) is 1.73. The van der Waals surface area contributed by atoms with E-state index in [1.54, 1.807) is 4.90 Å². The summed E-state index contributed by atoms with van der Waals surface area (Å²) in [5.74, 6) is -0.0466. The lowest BCUT2D eigenvalue weighted by Gasteiger charge is -2.36. The molecule has 0 spiro atoms. The predicted molar refractivity (Wildman–Crippen MR) is 88.2 cm³/mol. The van der Waals surface area contributed by atoms with E-state index in [4.69, 9.17) is 9.88 Å². The minimum absolute atomic E-state index is 0.0466. The monoisotopic (exact) mass is 337 g/mol. The molecular weight excluding hydrogens is 306 g/mol. The molecule has 0 rings (SSSR count). The quantitative estimate of drug-likeness (QED) is 0.682. The van der Waals surface area contributed by atoms with Gasteiger partial charge >= 0.3 is 6.09 Å². The summed E-state index contributed by atoms with van der Waals surface area (Å²) in [7, 11) is -3.41. The number of amides is 1. The zero-order valence-corrected chi connectivity index (χ0v) is 15.4. The topological polar surface area (TPSA) is 102 Å². The van der Waals surface area contributed by atoms with Crippen LogP contribution >= 0.6 is 0 Å². The van der Waals surface area contributed by atoms with Crippen molar-refractivity contribution in [2.75, 3.05) is 25.4 Å². The minimum Gasteiger partial charge on any atom is -0.444 e. The summed E-state index contributed by atoms with van der Waals surface area (Å²) in [6, 6.07) is 0. The van der Waals surface area contributed by atoms with E-state index < -0.39 is 15.6 Å². The molecule has 0 saturated heterocycles. The molecule has 0 aliphatic carbocycles. The van der Waals surface area contributed by atoms with Crippen LogP contribution in [0.25, 0.3) is 0 Å². The number of rotatable bonds is 7. The van der Waals surface area contributed by atoms with E-state index in [0.717, 1.165) is 0 Å². The van der Waals surface area contributed by atoms with Crippen molar-refractivity contribution in [2.24, 2.45) is 5.14 Å². The largest absolute Gasteiger partial charge is 0.444 e. The summed E-state index contributed by atoms with van der Waals surface area (Å²) in [5, 5.41) is 8.04. The van der Waals surface area contributed by atoms with E-state index in [0.29, 0.717) is 26.1 Å². The molecule has 22 heavy (non-hydrogen) atoms. The molecule has 0 aromatic carbocycles.